The highest BCUT2D eigenvalue weighted by molar-refractivity contribution is 6.30. The van der Waals surface area contributed by atoms with Gasteiger partial charge in [0.25, 0.3) is 0 Å². The zero-order chi connectivity index (χ0) is 24.9. The van der Waals surface area contributed by atoms with Crippen molar-refractivity contribution in [3.8, 4) is 28.6 Å². The lowest BCUT2D eigenvalue weighted by Crippen LogP contribution is -2.19. The van der Waals surface area contributed by atoms with Gasteiger partial charge in [0.2, 0.25) is 0 Å². The molecule has 3 aromatic carbocycles. The molecule has 4 aromatic rings. The molecule has 178 valence electrons. The van der Waals surface area contributed by atoms with E-state index in [0.717, 1.165) is 0 Å². The minimum atomic E-state index is -0.836. The Hall–Kier alpha value is -4.30. The molecule has 1 aromatic heterocycles. The molecule has 35 heavy (non-hydrogen) atoms. The molecule has 0 bridgehead atoms. The lowest BCUT2D eigenvalue weighted by atomic mass is 10.1. The molecule has 0 aliphatic rings. The second-order valence-corrected chi connectivity index (χ2v) is 7.72. The number of carbonyl (C=O) groups is 2. The van der Waals surface area contributed by atoms with E-state index in [-0.39, 0.29) is 45.4 Å². The minimum Gasteiger partial charge on any atom is -0.507 e. The number of rotatable bonds is 7. The van der Waals surface area contributed by atoms with E-state index < -0.39 is 24.0 Å². The maximum atomic E-state index is 12.6. The Kier molecular flexibility index (Phi) is 7.03. The molecule has 1 heterocycles. The lowest BCUT2D eigenvalue weighted by molar-refractivity contribution is -0.136. The van der Waals surface area contributed by atoms with Crippen LogP contribution in [-0.2, 0) is 9.53 Å². The van der Waals surface area contributed by atoms with Crippen molar-refractivity contribution in [1.29, 1.82) is 0 Å². The third-order valence-electron chi connectivity index (χ3n) is 4.86. The topological polar surface area (TPSA) is 112 Å². The monoisotopic (exact) mass is 494 g/mol. The first-order chi connectivity index (χ1) is 16.9. The molecule has 0 amide bonds. The number of aromatic hydroxyl groups is 1. The number of phenols is 1. The van der Waals surface area contributed by atoms with Gasteiger partial charge in [0, 0.05) is 34.9 Å². The summed E-state index contributed by atoms with van der Waals surface area (Å²) in [5.41, 5.74) is 0.364. The van der Waals surface area contributed by atoms with E-state index >= 15 is 0 Å². The highest BCUT2D eigenvalue weighted by Gasteiger charge is 2.18. The number of fused-ring (bicyclic) bond motifs is 1. The van der Waals surface area contributed by atoms with Crippen LogP contribution in [0.15, 0.2) is 75.9 Å². The summed E-state index contributed by atoms with van der Waals surface area (Å²) in [6, 6.07) is 17.0. The predicted octanol–water partition coefficient (Wildman–Crippen LogP) is 4.98. The van der Waals surface area contributed by atoms with E-state index in [1.165, 1.54) is 36.4 Å². The van der Waals surface area contributed by atoms with Gasteiger partial charge in [0.15, 0.2) is 12.0 Å². The zero-order valence-corrected chi connectivity index (χ0v) is 19.2. The van der Waals surface area contributed by atoms with Gasteiger partial charge in [0.05, 0.1) is 6.61 Å². The Morgan fingerprint density at radius 1 is 1.03 bits per heavy atom. The average molecular weight is 495 g/mol. The molecule has 0 radical (unpaired) electrons. The third-order valence-corrected chi connectivity index (χ3v) is 5.10. The zero-order valence-electron chi connectivity index (χ0n) is 18.4. The van der Waals surface area contributed by atoms with Crippen molar-refractivity contribution in [3.63, 3.8) is 0 Å². The number of ether oxygens (including phenoxy) is 3. The average Bonchev–Trinajstić information content (AvgIpc) is 2.83. The molecule has 0 atom stereocenters. The third kappa shape index (κ3) is 5.44. The van der Waals surface area contributed by atoms with Crippen LogP contribution >= 0.6 is 11.6 Å². The van der Waals surface area contributed by atoms with Crippen LogP contribution in [0.5, 0.6) is 17.2 Å². The fraction of sp³-hybridized carbons (Fsp3) is 0.115. The summed E-state index contributed by atoms with van der Waals surface area (Å²) in [5, 5.41) is 10.6. The van der Waals surface area contributed by atoms with Crippen molar-refractivity contribution < 1.29 is 33.3 Å². The molecule has 0 aliphatic carbocycles. The van der Waals surface area contributed by atoms with Crippen LogP contribution in [0, 0.1) is 0 Å². The first kappa shape index (κ1) is 23.8. The number of phenolic OH excluding ortho intramolecular Hbond substituents is 1. The maximum Gasteiger partial charge on any atom is 0.349 e. The SMILES string of the molecule is CCOC(=O)c1ccc(Cl)cc1OC(=O)COc1cc(O)c2c(=O)cc(-c3ccccc3)oc2c1. The fourth-order valence-corrected chi connectivity index (χ4v) is 3.49. The van der Waals surface area contributed by atoms with Crippen LogP contribution in [-0.4, -0.2) is 30.3 Å². The number of hydrogen-bond acceptors (Lipinski definition) is 8. The number of carbonyl (C=O) groups excluding carboxylic acids is 2. The van der Waals surface area contributed by atoms with Gasteiger partial charge in [-0.15, -0.1) is 0 Å². The Morgan fingerprint density at radius 2 is 1.80 bits per heavy atom. The van der Waals surface area contributed by atoms with E-state index in [2.05, 4.69) is 0 Å². The van der Waals surface area contributed by atoms with E-state index in [9.17, 15) is 19.5 Å². The molecular formula is C26H19ClO8. The molecule has 0 unspecified atom stereocenters. The second kappa shape index (κ2) is 10.3. The Morgan fingerprint density at radius 3 is 2.54 bits per heavy atom. The summed E-state index contributed by atoms with van der Waals surface area (Å²) in [6.45, 7) is 1.23. The van der Waals surface area contributed by atoms with Crippen molar-refractivity contribution in [2.24, 2.45) is 0 Å². The van der Waals surface area contributed by atoms with Crippen LogP contribution in [0.2, 0.25) is 5.02 Å². The lowest BCUT2D eigenvalue weighted by Gasteiger charge is -2.11. The van der Waals surface area contributed by atoms with Crippen LogP contribution in [0.4, 0.5) is 0 Å². The van der Waals surface area contributed by atoms with Gasteiger partial charge in [-0.2, -0.15) is 0 Å². The van der Waals surface area contributed by atoms with E-state index in [1.54, 1.807) is 31.2 Å². The molecule has 9 heteroatoms. The number of hydrogen-bond donors (Lipinski definition) is 1. The van der Waals surface area contributed by atoms with E-state index in [1.807, 2.05) is 6.07 Å². The first-order valence-electron chi connectivity index (χ1n) is 10.5. The molecule has 4 rings (SSSR count). The van der Waals surface area contributed by atoms with Crippen molar-refractivity contribution in [3.05, 3.63) is 87.5 Å². The van der Waals surface area contributed by atoms with Crippen molar-refractivity contribution in [2.45, 2.75) is 6.92 Å². The molecule has 0 fully saturated rings. The summed E-state index contributed by atoms with van der Waals surface area (Å²) in [4.78, 5) is 37.1. The van der Waals surface area contributed by atoms with Crippen LogP contribution in [0.25, 0.3) is 22.3 Å². The van der Waals surface area contributed by atoms with Crippen LogP contribution < -0.4 is 14.9 Å². The van der Waals surface area contributed by atoms with Gasteiger partial charge in [0.1, 0.15) is 39.5 Å². The summed E-state index contributed by atoms with van der Waals surface area (Å²) in [6.07, 6.45) is 0. The van der Waals surface area contributed by atoms with Crippen molar-refractivity contribution in [1.82, 2.24) is 0 Å². The molecule has 0 saturated heterocycles. The Labute approximate surface area is 204 Å². The Bertz CT molecular complexity index is 1460. The van der Waals surface area contributed by atoms with Crippen molar-refractivity contribution >= 4 is 34.5 Å². The maximum absolute atomic E-state index is 12.6. The number of esters is 2. The Balaban J connectivity index is 1.55. The summed E-state index contributed by atoms with van der Waals surface area (Å²) in [7, 11) is 0. The largest absolute Gasteiger partial charge is 0.507 e. The van der Waals surface area contributed by atoms with Crippen LogP contribution in [0.1, 0.15) is 17.3 Å². The summed E-state index contributed by atoms with van der Waals surface area (Å²) >= 11 is 5.96. The summed E-state index contributed by atoms with van der Waals surface area (Å²) < 4.78 is 21.5. The van der Waals surface area contributed by atoms with Gasteiger partial charge in [-0.3, -0.25) is 4.79 Å². The highest BCUT2D eigenvalue weighted by atomic mass is 35.5. The van der Waals surface area contributed by atoms with Crippen molar-refractivity contribution in [2.75, 3.05) is 13.2 Å². The van der Waals surface area contributed by atoms with E-state index in [0.29, 0.717) is 11.3 Å². The molecule has 8 nitrogen and oxygen atoms in total. The molecule has 1 N–H and O–H groups in total. The van der Waals surface area contributed by atoms with Crippen LogP contribution in [0.3, 0.4) is 0 Å². The molecule has 0 aliphatic heterocycles. The minimum absolute atomic E-state index is 0.0161. The normalized spacial score (nSPS) is 10.7. The number of benzene rings is 3. The van der Waals surface area contributed by atoms with Gasteiger partial charge < -0.3 is 23.7 Å². The smallest absolute Gasteiger partial charge is 0.349 e. The van der Waals surface area contributed by atoms with Gasteiger partial charge in [-0.25, -0.2) is 9.59 Å². The highest BCUT2D eigenvalue weighted by Crippen LogP contribution is 2.31. The molecule has 0 spiro atoms. The first-order valence-corrected chi connectivity index (χ1v) is 10.9. The van der Waals surface area contributed by atoms with Gasteiger partial charge in [-0.05, 0) is 19.1 Å². The molecule has 0 saturated carbocycles. The fourth-order valence-electron chi connectivity index (χ4n) is 3.32. The second-order valence-electron chi connectivity index (χ2n) is 7.28. The van der Waals surface area contributed by atoms with Gasteiger partial charge >= 0.3 is 11.9 Å². The summed E-state index contributed by atoms with van der Waals surface area (Å²) in [5.74, 6) is -1.57. The standard InChI is InChI=1S/C26H19ClO8/c1-2-32-26(31)18-9-8-16(27)10-22(18)35-24(30)14-33-17-11-19(28)25-20(29)13-21(34-23(25)12-17)15-6-4-3-5-7-15/h3-13,28H,2,14H2,1H3. The number of halogens is 1. The van der Waals surface area contributed by atoms with E-state index in [4.69, 9.17) is 30.2 Å². The molecular weight excluding hydrogens is 476 g/mol. The predicted molar refractivity (Wildman–Crippen MR) is 128 cm³/mol. The quantitative estimate of drug-likeness (QED) is 0.283. The van der Waals surface area contributed by atoms with Gasteiger partial charge in [-0.1, -0.05) is 41.9 Å².